The van der Waals surface area contributed by atoms with Crippen LogP contribution < -0.4 is 0 Å². The summed E-state index contributed by atoms with van der Waals surface area (Å²) in [6.07, 6.45) is 0.967. The zero-order valence-corrected chi connectivity index (χ0v) is 11.4. The first-order chi connectivity index (χ1) is 9.95. The van der Waals surface area contributed by atoms with Crippen molar-refractivity contribution >= 4 is 11.7 Å². The molecule has 1 amide bonds. The topological polar surface area (TPSA) is 66.8 Å². The minimum absolute atomic E-state index is 0.0307. The molecule has 21 heavy (non-hydrogen) atoms. The second kappa shape index (κ2) is 4.58. The van der Waals surface area contributed by atoms with Crippen molar-refractivity contribution in [1.82, 2.24) is 4.90 Å². The minimum atomic E-state index is -1.66. The van der Waals surface area contributed by atoms with Crippen LogP contribution in [0.15, 0.2) is 35.9 Å². The van der Waals surface area contributed by atoms with E-state index in [-0.39, 0.29) is 17.4 Å². The van der Waals surface area contributed by atoms with Gasteiger partial charge in [0.2, 0.25) is 23.2 Å². The quantitative estimate of drug-likeness (QED) is 0.905. The highest BCUT2D eigenvalue weighted by Gasteiger charge is 2.51. The first-order valence-electron chi connectivity index (χ1n) is 6.67. The van der Waals surface area contributed by atoms with E-state index in [9.17, 15) is 19.1 Å². The number of amides is 1. The molecule has 1 saturated heterocycles. The Morgan fingerprint density at radius 2 is 2.05 bits per heavy atom. The van der Waals surface area contributed by atoms with Crippen LogP contribution in [0.4, 0.5) is 4.39 Å². The number of aliphatic hydroxyl groups is 1. The SMILES string of the molecule is CC1(c2ccccc2F)OC(N2CCCC2=O)=C(O)C1=O. The Balaban J connectivity index is 2.01. The molecule has 2 aliphatic rings. The van der Waals surface area contributed by atoms with E-state index in [1.807, 2.05) is 0 Å². The summed E-state index contributed by atoms with van der Waals surface area (Å²) < 4.78 is 19.5. The number of ether oxygens (including phenoxy) is 1. The number of halogens is 1. The molecule has 2 heterocycles. The van der Waals surface area contributed by atoms with Crippen molar-refractivity contribution in [2.75, 3.05) is 6.54 Å². The number of hydrogen-bond donors (Lipinski definition) is 1. The second-order valence-corrected chi connectivity index (χ2v) is 5.25. The van der Waals surface area contributed by atoms with E-state index >= 15 is 0 Å². The lowest BCUT2D eigenvalue weighted by atomic mass is 9.91. The van der Waals surface area contributed by atoms with Crippen molar-refractivity contribution in [1.29, 1.82) is 0 Å². The van der Waals surface area contributed by atoms with Gasteiger partial charge in [0.15, 0.2) is 0 Å². The Labute approximate surface area is 120 Å². The van der Waals surface area contributed by atoms with Gasteiger partial charge in [0.1, 0.15) is 5.82 Å². The normalized spacial score (nSPS) is 25.7. The van der Waals surface area contributed by atoms with Gasteiger partial charge in [-0.25, -0.2) is 4.39 Å². The van der Waals surface area contributed by atoms with Crippen molar-refractivity contribution < 1.29 is 23.8 Å². The standard InChI is InChI=1S/C15H14FNO4/c1-15(9-5-2-3-6-10(9)16)13(20)12(19)14(21-15)17-8-4-7-11(17)18/h2-3,5-6,19H,4,7-8H2,1H3. The van der Waals surface area contributed by atoms with E-state index in [0.29, 0.717) is 19.4 Å². The van der Waals surface area contributed by atoms with E-state index in [1.165, 1.54) is 30.0 Å². The van der Waals surface area contributed by atoms with Gasteiger partial charge < -0.3 is 9.84 Å². The molecule has 1 aromatic rings. The fraction of sp³-hybridized carbons (Fsp3) is 0.333. The molecular formula is C15H14FNO4. The highest BCUT2D eigenvalue weighted by Crippen LogP contribution is 2.40. The fourth-order valence-corrected chi connectivity index (χ4v) is 2.68. The van der Waals surface area contributed by atoms with E-state index in [1.54, 1.807) is 6.07 Å². The Bertz CT molecular complexity index is 669. The lowest BCUT2D eigenvalue weighted by Gasteiger charge is -2.26. The molecule has 110 valence electrons. The monoisotopic (exact) mass is 291 g/mol. The molecule has 1 fully saturated rings. The van der Waals surface area contributed by atoms with Crippen molar-refractivity contribution in [2.24, 2.45) is 0 Å². The van der Waals surface area contributed by atoms with Crippen LogP contribution in [0.1, 0.15) is 25.3 Å². The van der Waals surface area contributed by atoms with Crippen LogP contribution in [0, 0.1) is 5.82 Å². The number of hydrogen-bond acceptors (Lipinski definition) is 4. The molecule has 1 unspecified atom stereocenters. The Morgan fingerprint density at radius 3 is 2.67 bits per heavy atom. The number of benzene rings is 1. The summed E-state index contributed by atoms with van der Waals surface area (Å²) >= 11 is 0. The van der Waals surface area contributed by atoms with Gasteiger partial charge in [-0.1, -0.05) is 18.2 Å². The summed E-state index contributed by atoms with van der Waals surface area (Å²) in [5.41, 5.74) is -1.63. The smallest absolute Gasteiger partial charge is 0.250 e. The lowest BCUT2D eigenvalue weighted by Crippen LogP contribution is -2.33. The van der Waals surface area contributed by atoms with Crippen molar-refractivity contribution in [3.63, 3.8) is 0 Å². The van der Waals surface area contributed by atoms with Gasteiger partial charge in [0.05, 0.1) is 0 Å². The Hall–Kier alpha value is -2.37. The average Bonchev–Trinajstić information content (AvgIpc) is 2.97. The molecule has 2 aliphatic heterocycles. The summed E-state index contributed by atoms with van der Waals surface area (Å²) in [7, 11) is 0. The van der Waals surface area contributed by atoms with Gasteiger partial charge in [0.25, 0.3) is 5.78 Å². The van der Waals surface area contributed by atoms with E-state index in [0.717, 1.165) is 0 Å². The zero-order chi connectivity index (χ0) is 15.2. The first-order valence-corrected chi connectivity index (χ1v) is 6.67. The number of carbonyl (C=O) groups is 2. The van der Waals surface area contributed by atoms with E-state index < -0.39 is 23.0 Å². The van der Waals surface area contributed by atoms with Gasteiger partial charge in [-0.3, -0.25) is 14.5 Å². The van der Waals surface area contributed by atoms with Crippen molar-refractivity contribution in [3.05, 3.63) is 47.3 Å². The molecule has 1 aromatic carbocycles. The van der Waals surface area contributed by atoms with E-state index in [4.69, 9.17) is 4.74 Å². The predicted molar refractivity (Wildman–Crippen MR) is 70.4 cm³/mol. The van der Waals surface area contributed by atoms with Gasteiger partial charge in [0, 0.05) is 18.5 Å². The van der Waals surface area contributed by atoms with Crippen molar-refractivity contribution in [3.8, 4) is 0 Å². The Morgan fingerprint density at radius 1 is 1.33 bits per heavy atom. The van der Waals surface area contributed by atoms with Gasteiger partial charge in [-0.15, -0.1) is 0 Å². The molecule has 0 saturated carbocycles. The maximum absolute atomic E-state index is 14.0. The molecule has 1 N–H and O–H groups in total. The van der Waals surface area contributed by atoms with Gasteiger partial charge in [-0.2, -0.15) is 0 Å². The largest absolute Gasteiger partial charge is 0.501 e. The summed E-state index contributed by atoms with van der Waals surface area (Å²) in [5, 5.41) is 10.0. The zero-order valence-electron chi connectivity index (χ0n) is 11.4. The maximum Gasteiger partial charge on any atom is 0.250 e. The van der Waals surface area contributed by atoms with Crippen LogP contribution in [0.25, 0.3) is 0 Å². The number of rotatable bonds is 2. The van der Waals surface area contributed by atoms with Crippen LogP contribution in [0.5, 0.6) is 0 Å². The molecule has 0 aliphatic carbocycles. The fourth-order valence-electron chi connectivity index (χ4n) is 2.68. The van der Waals surface area contributed by atoms with Gasteiger partial charge >= 0.3 is 0 Å². The number of aliphatic hydroxyl groups excluding tert-OH is 1. The summed E-state index contributed by atoms with van der Waals surface area (Å²) in [5.74, 6) is -2.37. The summed E-state index contributed by atoms with van der Waals surface area (Å²) in [4.78, 5) is 25.3. The second-order valence-electron chi connectivity index (χ2n) is 5.25. The summed E-state index contributed by atoms with van der Waals surface area (Å²) in [6, 6.07) is 5.72. The highest BCUT2D eigenvalue weighted by atomic mass is 19.1. The average molecular weight is 291 g/mol. The van der Waals surface area contributed by atoms with Crippen LogP contribution in [-0.4, -0.2) is 28.2 Å². The molecule has 0 bridgehead atoms. The number of nitrogens with zero attached hydrogens (tertiary/aromatic N) is 1. The third-order valence-corrected chi connectivity index (χ3v) is 3.86. The van der Waals surface area contributed by atoms with E-state index in [2.05, 4.69) is 0 Å². The molecule has 0 aromatic heterocycles. The maximum atomic E-state index is 14.0. The molecule has 0 spiro atoms. The minimum Gasteiger partial charge on any atom is -0.501 e. The van der Waals surface area contributed by atoms with Crippen LogP contribution >= 0.6 is 0 Å². The lowest BCUT2D eigenvalue weighted by molar-refractivity contribution is -0.137. The van der Waals surface area contributed by atoms with Crippen molar-refractivity contribution in [2.45, 2.75) is 25.4 Å². The Kier molecular flexibility index (Phi) is 2.97. The predicted octanol–water partition coefficient (Wildman–Crippen LogP) is 1.99. The van der Waals surface area contributed by atoms with Crippen LogP contribution in [0.2, 0.25) is 0 Å². The third-order valence-electron chi connectivity index (χ3n) is 3.86. The molecule has 0 radical (unpaired) electrons. The molecule has 1 atom stereocenters. The van der Waals surface area contributed by atoms with Crippen LogP contribution in [0.3, 0.4) is 0 Å². The first kappa shape index (κ1) is 13.6. The number of carbonyl (C=O) groups excluding carboxylic acids is 2. The molecule has 5 nitrogen and oxygen atoms in total. The van der Waals surface area contributed by atoms with Crippen LogP contribution in [-0.2, 0) is 19.9 Å². The molecule has 6 heteroatoms. The summed E-state index contributed by atoms with van der Waals surface area (Å²) in [6.45, 7) is 1.76. The highest BCUT2D eigenvalue weighted by molar-refractivity contribution is 6.03. The number of Topliss-reactive ketones (excluding diaryl/α,β-unsaturated/α-hetero) is 1. The third kappa shape index (κ3) is 1.90. The number of likely N-dealkylation sites (tertiary alicyclic amines) is 1. The van der Waals surface area contributed by atoms with Gasteiger partial charge in [-0.05, 0) is 19.4 Å². The number of ketones is 1. The molecule has 3 rings (SSSR count). The molecular weight excluding hydrogens is 277 g/mol.